The van der Waals surface area contributed by atoms with Crippen molar-refractivity contribution < 1.29 is 129 Å². The van der Waals surface area contributed by atoms with Gasteiger partial charge < -0.3 is 19.7 Å². The van der Waals surface area contributed by atoms with Gasteiger partial charge in [-0.1, -0.05) is 0 Å². The molecule has 0 heterocycles. The molecule has 0 fully saturated rings. The third-order valence-electron chi connectivity index (χ3n) is 1.71. The zero-order valence-corrected chi connectivity index (χ0v) is 20.1. The van der Waals surface area contributed by atoms with E-state index >= 15 is 0 Å². The predicted octanol–water partition coefficient (Wildman–Crippen LogP) is -7.67. The summed E-state index contributed by atoms with van der Waals surface area (Å²) in [6, 6.07) is 0. The van der Waals surface area contributed by atoms with E-state index in [1.165, 1.54) is 0 Å². The zero-order chi connectivity index (χ0) is 14.2. The number of hydrogen-bond donors (Lipinski definition) is 2. The van der Waals surface area contributed by atoms with Gasteiger partial charge in [-0.25, -0.2) is 16.8 Å². The first-order valence-corrected chi connectivity index (χ1v) is 8.55. The minimum absolute atomic E-state index is 0. The smallest absolute Gasteiger partial charge is 0.748 e. The molecule has 20 heavy (non-hydrogen) atoms. The van der Waals surface area contributed by atoms with Crippen LogP contribution in [0.25, 0.3) is 0 Å². The first kappa shape index (κ1) is 27.6. The van der Waals surface area contributed by atoms with Gasteiger partial charge in [0.25, 0.3) is 0 Å². The molecule has 8 nitrogen and oxygen atoms in total. The second-order valence-corrected chi connectivity index (χ2v) is 6.87. The van der Waals surface area contributed by atoms with Gasteiger partial charge in [0.15, 0.2) is 5.11 Å². The van der Waals surface area contributed by atoms with Crippen LogP contribution in [0.2, 0.25) is 0 Å². The van der Waals surface area contributed by atoms with Crippen LogP contribution in [0.3, 0.4) is 0 Å². The molecule has 0 unspecified atom stereocenters. The van der Waals surface area contributed by atoms with Crippen LogP contribution in [0.4, 0.5) is 0 Å². The summed E-state index contributed by atoms with van der Waals surface area (Å²) >= 11 is 4.79. The zero-order valence-electron chi connectivity index (χ0n) is 11.4. The Bertz CT molecular complexity index is 425. The summed E-state index contributed by atoms with van der Waals surface area (Å²) in [5, 5.41) is 5.49. The van der Waals surface area contributed by atoms with Gasteiger partial charge in [0.2, 0.25) is 0 Å². The normalized spacial score (nSPS) is 10.9. The summed E-state index contributed by atoms with van der Waals surface area (Å²) in [5.74, 6) is -0.950. The Balaban J connectivity index is -0.00000144. The Hall–Kier alpha value is 2.78. The van der Waals surface area contributed by atoms with E-state index in [2.05, 4.69) is 10.6 Å². The monoisotopic (exact) mass is 396 g/mol. The Morgan fingerprint density at radius 2 is 1.15 bits per heavy atom. The molecule has 0 rings (SSSR count). The van der Waals surface area contributed by atoms with Crippen molar-refractivity contribution >= 4 is 37.6 Å². The van der Waals surface area contributed by atoms with Crippen molar-refractivity contribution in [2.24, 2.45) is 0 Å². The van der Waals surface area contributed by atoms with Crippen LogP contribution in [-0.4, -0.2) is 55.6 Å². The first-order chi connectivity index (χ1) is 8.10. The van der Waals surface area contributed by atoms with Crippen LogP contribution in [0, 0.1) is 0 Å². The Morgan fingerprint density at radius 1 is 0.850 bits per heavy atom. The van der Waals surface area contributed by atoms with E-state index in [1.54, 1.807) is 0 Å². The van der Waals surface area contributed by atoms with Crippen LogP contribution in [0.1, 0.15) is 12.8 Å². The molecule has 0 atom stereocenters. The number of rotatable bonds is 8. The second-order valence-electron chi connectivity index (χ2n) is 3.41. The van der Waals surface area contributed by atoms with Crippen molar-refractivity contribution in [1.82, 2.24) is 10.6 Å². The van der Waals surface area contributed by atoms with Crippen LogP contribution in [0.15, 0.2) is 0 Å². The standard InChI is InChI=1S/C7H16N2O6S3.2K/c10-17(11,12)5-1-3-8-7(16)9-4-2-6-18(13,14)15;;/h1-6H2,(H2,8,9,16)(H,10,11,12)(H,13,14,15);;/q;2*+1/p-2. The van der Waals surface area contributed by atoms with Crippen molar-refractivity contribution in [3.05, 3.63) is 0 Å². The summed E-state index contributed by atoms with van der Waals surface area (Å²) in [7, 11) is -8.43. The molecule has 0 aromatic heterocycles. The van der Waals surface area contributed by atoms with Crippen molar-refractivity contribution in [3.63, 3.8) is 0 Å². The molecule has 0 aromatic carbocycles. The topological polar surface area (TPSA) is 138 Å². The van der Waals surface area contributed by atoms with Gasteiger partial charge >= 0.3 is 103 Å². The molecule has 0 aliphatic carbocycles. The third-order valence-corrected chi connectivity index (χ3v) is 3.58. The molecular formula is C7H14K2N2O6S3. The van der Waals surface area contributed by atoms with Crippen molar-refractivity contribution in [1.29, 1.82) is 0 Å². The maximum Gasteiger partial charge on any atom is 1.00 e. The van der Waals surface area contributed by atoms with Gasteiger partial charge in [0.05, 0.1) is 20.2 Å². The van der Waals surface area contributed by atoms with Gasteiger partial charge in [0, 0.05) is 24.6 Å². The average Bonchev–Trinajstić information content (AvgIpc) is 2.17. The first-order valence-electron chi connectivity index (χ1n) is 4.99. The Morgan fingerprint density at radius 3 is 1.40 bits per heavy atom. The number of thiocarbonyl (C=S) groups is 1. The SMILES string of the molecule is O=S(=O)([O-])CCCNC(=S)NCCCS(=O)(=O)[O-].[K+].[K+]. The summed E-state index contributed by atoms with van der Waals surface area (Å²) in [4.78, 5) is 0. The van der Waals surface area contributed by atoms with E-state index in [0.717, 1.165) is 0 Å². The molecule has 0 saturated heterocycles. The quantitative estimate of drug-likeness (QED) is 0.177. The Kier molecular flexibility index (Phi) is 19.5. The molecule has 13 heteroatoms. The predicted molar refractivity (Wildman–Crippen MR) is 67.0 cm³/mol. The van der Waals surface area contributed by atoms with Crippen molar-refractivity contribution in [3.8, 4) is 0 Å². The van der Waals surface area contributed by atoms with Crippen LogP contribution in [0.5, 0.6) is 0 Å². The summed E-state index contributed by atoms with van der Waals surface area (Å²) < 4.78 is 61.6. The molecule has 0 radical (unpaired) electrons. The summed E-state index contributed by atoms with van der Waals surface area (Å²) in [6.45, 7) is 0.431. The van der Waals surface area contributed by atoms with E-state index in [1.807, 2.05) is 0 Å². The Labute approximate surface area is 209 Å². The second kappa shape index (κ2) is 14.2. The largest absolute Gasteiger partial charge is 1.00 e. The van der Waals surface area contributed by atoms with E-state index in [0.29, 0.717) is 0 Å². The fourth-order valence-electron chi connectivity index (χ4n) is 0.964. The van der Waals surface area contributed by atoms with E-state index in [-0.39, 0.29) is 134 Å². The molecular weight excluding hydrogens is 382 g/mol. The fourth-order valence-corrected chi connectivity index (χ4v) is 2.16. The van der Waals surface area contributed by atoms with Gasteiger partial charge in [0.1, 0.15) is 0 Å². The van der Waals surface area contributed by atoms with Gasteiger partial charge in [-0.2, -0.15) is 0 Å². The summed E-state index contributed by atoms with van der Waals surface area (Å²) in [5.41, 5.74) is 0. The molecule has 0 aliphatic rings. The maximum atomic E-state index is 10.3. The number of hydrogen-bond acceptors (Lipinski definition) is 7. The van der Waals surface area contributed by atoms with Crippen molar-refractivity contribution in [2.45, 2.75) is 12.8 Å². The molecule has 0 aliphatic heterocycles. The van der Waals surface area contributed by atoms with Gasteiger partial charge in [-0.3, -0.25) is 0 Å². The van der Waals surface area contributed by atoms with E-state index < -0.39 is 31.7 Å². The minimum atomic E-state index is -4.21. The molecule has 108 valence electrons. The molecule has 2 N–H and O–H groups in total. The van der Waals surface area contributed by atoms with Gasteiger partial charge in [-0.15, -0.1) is 0 Å². The molecule has 0 aromatic rings. The fraction of sp³-hybridized carbons (Fsp3) is 0.857. The van der Waals surface area contributed by atoms with E-state index in [9.17, 15) is 25.9 Å². The third kappa shape index (κ3) is 23.1. The number of nitrogens with one attached hydrogen (secondary N) is 2. The van der Waals surface area contributed by atoms with E-state index in [4.69, 9.17) is 12.2 Å². The maximum absolute atomic E-state index is 10.3. The molecule has 0 amide bonds. The molecule has 0 bridgehead atoms. The van der Waals surface area contributed by atoms with Gasteiger partial charge in [-0.05, 0) is 25.1 Å². The molecule has 0 spiro atoms. The van der Waals surface area contributed by atoms with Crippen molar-refractivity contribution in [2.75, 3.05) is 24.6 Å². The molecule has 0 saturated carbocycles. The summed E-state index contributed by atoms with van der Waals surface area (Å²) in [6.07, 6.45) is 0.255. The minimum Gasteiger partial charge on any atom is -0.748 e. The van der Waals surface area contributed by atoms with Crippen LogP contribution in [-0.2, 0) is 20.2 Å². The van der Waals surface area contributed by atoms with Crippen LogP contribution < -0.4 is 113 Å². The average molecular weight is 397 g/mol. The van der Waals surface area contributed by atoms with Crippen LogP contribution >= 0.6 is 12.2 Å².